The van der Waals surface area contributed by atoms with Crippen LogP contribution in [0.5, 0.6) is 28.7 Å². The van der Waals surface area contributed by atoms with Crippen LogP contribution in [-0.2, 0) is 16.0 Å². The number of methoxy groups -OCH3 is 3. The van der Waals surface area contributed by atoms with Crippen molar-refractivity contribution in [3.05, 3.63) is 76.0 Å². The van der Waals surface area contributed by atoms with E-state index in [9.17, 15) is 24.6 Å². The fourth-order valence-corrected chi connectivity index (χ4v) is 6.53. The monoisotopic (exact) mass is 693 g/mol. The first kappa shape index (κ1) is 33.4. The Hall–Kier alpha value is -5.50. The molecule has 0 saturated heterocycles. The Balaban J connectivity index is 1.35. The average molecular weight is 694 g/mol. The van der Waals surface area contributed by atoms with Gasteiger partial charge in [0.15, 0.2) is 34.6 Å². The van der Waals surface area contributed by atoms with Crippen molar-refractivity contribution >= 4 is 29.1 Å². The molecule has 2 aliphatic rings. The summed E-state index contributed by atoms with van der Waals surface area (Å²) >= 11 is 6.57. The highest BCUT2D eigenvalue weighted by molar-refractivity contribution is 6.35. The highest BCUT2D eigenvalue weighted by Gasteiger charge is 2.61. The van der Waals surface area contributed by atoms with Crippen molar-refractivity contribution in [2.75, 3.05) is 27.9 Å². The largest absolute Gasteiger partial charge is 0.507 e. The molecule has 1 aliphatic carbocycles. The number of rotatable bonds is 11. The van der Waals surface area contributed by atoms with Crippen LogP contribution in [0, 0.1) is 5.92 Å². The van der Waals surface area contributed by atoms with E-state index in [-0.39, 0.29) is 82.4 Å². The number of aliphatic hydroxyl groups is 1. The molecule has 6 rings (SSSR count). The summed E-state index contributed by atoms with van der Waals surface area (Å²) in [5.74, 6) is -3.22. The number of allylic oxidation sites excluding steroid dienone is 1. The number of ketones is 2. The third kappa shape index (κ3) is 5.71. The van der Waals surface area contributed by atoms with Crippen LogP contribution in [0.4, 0.5) is 0 Å². The molecule has 1 spiro atoms. The molecule has 49 heavy (non-hydrogen) atoms. The van der Waals surface area contributed by atoms with Crippen molar-refractivity contribution in [2.24, 2.45) is 5.92 Å². The summed E-state index contributed by atoms with van der Waals surface area (Å²) in [6.07, 6.45) is 1.12. The number of ether oxygens (including phenoxy) is 4. The standard InChI is InChI=1S/C34H32ClN3O11/c1-16-12-20(40)27(31(42)34(16)32(43)28-23(45-3)15-24(46-4)29(35)30(28)48-34)18(17-7-8-19(39)22(13-17)44-2)14-25(41)36-10-9-26-37-33(38-49-26)21-6-5-11-47-21/h5-8,11,13,15-16,18,39,42H,9-10,12,14H2,1-4H3,(H,36,41). The summed E-state index contributed by atoms with van der Waals surface area (Å²) in [7, 11) is 4.10. The van der Waals surface area contributed by atoms with Gasteiger partial charge in [0.25, 0.3) is 0 Å². The number of nitrogens with one attached hydrogen (secondary N) is 1. The van der Waals surface area contributed by atoms with Gasteiger partial charge in [-0.15, -0.1) is 0 Å². The maximum absolute atomic E-state index is 14.3. The van der Waals surface area contributed by atoms with Gasteiger partial charge >= 0.3 is 0 Å². The maximum Gasteiger partial charge on any atom is 0.238 e. The second-order valence-electron chi connectivity index (χ2n) is 11.5. The molecule has 3 heterocycles. The summed E-state index contributed by atoms with van der Waals surface area (Å²) in [6, 6.07) is 9.11. The third-order valence-corrected chi connectivity index (χ3v) is 9.08. The number of nitrogens with zero attached hydrogens (tertiary/aromatic N) is 2. The zero-order valence-electron chi connectivity index (χ0n) is 26.9. The zero-order chi connectivity index (χ0) is 35.0. The predicted molar refractivity (Wildman–Crippen MR) is 171 cm³/mol. The van der Waals surface area contributed by atoms with E-state index in [1.54, 1.807) is 19.1 Å². The molecule has 1 amide bonds. The van der Waals surface area contributed by atoms with E-state index in [4.69, 9.17) is 39.5 Å². The van der Waals surface area contributed by atoms with Gasteiger partial charge in [-0.05, 0) is 29.8 Å². The lowest BCUT2D eigenvalue weighted by Crippen LogP contribution is -2.53. The number of aromatic hydroxyl groups is 1. The molecule has 1 aliphatic heterocycles. The summed E-state index contributed by atoms with van der Waals surface area (Å²) in [5, 5.41) is 29.0. The van der Waals surface area contributed by atoms with Gasteiger partial charge in [0.05, 0.1) is 27.6 Å². The molecule has 0 radical (unpaired) electrons. The van der Waals surface area contributed by atoms with Crippen molar-refractivity contribution in [3.8, 4) is 40.3 Å². The van der Waals surface area contributed by atoms with Gasteiger partial charge in [-0.3, -0.25) is 14.4 Å². The number of amides is 1. The van der Waals surface area contributed by atoms with Crippen molar-refractivity contribution in [1.82, 2.24) is 15.5 Å². The summed E-state index contributed by atoms with van der Waals surface area (Å²) in [6.45, 7) is 1.70. The summed E-state index contributed by atoms with van der Waals surface area (Å²) in [5.41, 5.74) is -1.93. The molecule has 0 saturated carbocycles. The molecule has 4 aromatic rings. The van der Waals surface area contributed by atoms with Crippen LogP contribution >= 0.6 is 11.6 Å². The Morgan fingerprint density at radius 2 is 1.86 bits per heavy atom. The minimum Gasteiger partial charge on any atom is -0.507 e. The lowest BCUT2D eigenvalue weighted by Gasteiger charge is -2.38. The van der Waals surface area contributed by atoms with Crippen molar-refractivity contribution in [2.45, 2.75) is 37.7 Å². The van der Waals surface area contributed by atoms with Crippen LogP contribution in [0.2, 0.25) is 5.02 Å². The molecule has 3 unspecified atom stereocenters. The number of phenolic OH excluding ortho intramolecular Hbond substituents is 1. The molecule has 3 N–H and O–H groups in total. The SMILES string of the molecule is COc1cc(C(CC(=O)NCCc2nc(-c3ccco3)no2)C2=C(O)C3(Oc4c(Cl)c(OC)cc(OC)c4C3=O)C(C)CC2=O)ccc1O. The van der Waals surface area contributed by atoms with Crippen LogP contribution in [0.15, 0.2) is 62.9 Å². The van der Waals surface area contributed by atoms with E-state index < -0.39 is 40.7 Å². The van der Waals surface area contributed by atoms with E-state index in [0.29, 0.717) is 11.3 Å². The number of Topliss-reactive ketones (excluding diaryl/α,β-unsaturated/α-hetero) is 2. The number of furan rings is 1. The van der Waals surface area contributed by atoms with E-state index >= 15 is 0 Å². The number of phenols is 1. The fourth-order valence-electron chi connectivity index (χ4n) is 6.26. The van der Waals surface area contributed by atoms with Crippen LogP contribution in [0.1, 0.15) is 47.5 Å². The van der Waals surface area contributed by atoms with Gasteiger partial charge in [-0.25, -0.2) is 0 Å². The van der Waals surface area contributed by atoms with Gasteiger partial charge < -0.3 is 43.4 Å². The number of hydrogen-bond donors (Lipinski definition) is 3. The quantitative estimate of drug-likeness (QED) is 0.191. The molecule has 14 nitrogen and oxygen atoms in total. The fraction of sp³-hybridized carbons (Fsp3) is 0.324. The number of halogens is 1. The zero-order valence-corrected chi connectivity index (χ0v) is 27.6. The normalized spacial score (nSPS) is 19.1. The molecule has 2 aromatic heterocycles. The van der Waals surface area contributed by atoms with Crippen LogP contribution < -0.4 is 24.3 Å². The topological polar surface area (TPSA) is 193 Å². The summed E-state index contributed by atoms with van der Waals surface area (Å²) in [4.78, 5) is 45.9. The molecule has 2 aromatic carbocycles. The number of aliphatic hydroxyl groups excluding tert-OH is 1. The highest BCUT2D eigenvalue weighted by atomic mass is 35.5. The second-order valence-corrected chi connectivity index (χ2v) is 11.9. The lowest BCUT2D eigenvalue weighted by atomic mass is 9.69. The molecule has 256 valence electrons. The van der Waals surface area contributed by atoms with Crippen LogP contribution in [0.3, 0.4) is 0 Å². The van der Waals surface area contributed by atoms with E-state index in [2.05, 4.69) is 15.5 Å². The molecule has 0 bridgehead atoms. The van der Waals surface area contributed by atoms with Gasteiger partial charge in [0.2, 0.25) is 29.0 Å². The number of fused-ring (bicyclic) bond motifs is 1. The maximum atomic E-state index is 14.3. The second kappa shape index (κ2) is 13.2. The highest BCUT2D eigenvalue weighted by Crippen LogP contribution is 2.56. The molecule has 3 atom stereocenters. The summed E-state index contributed by atoms with van der Waals surface area (Å²) < 4.78 is 32.9. The van der Waals surface area contributed by atoms with Gasteiger partial charge in [-0.2, -0.15) is 4.98 Å². The van der Waals surface area contributed by atoms with Gasteiger partial charge in [0, 0.05) is 49.3 Å². The predicted octanol–water partition coefficient (Wildman–Crippen LogP) is 4.98. The number of carbonyl (C=O) groups is 3. The number of benzene rings is 2. The minimum atomic E-state index is -2.06. The molecule has 0 fully saturated rings. The van der Waals surface area contributed by atoms with E-state index in [1.165, 1.54) is 51.9 Å². The van der Waals surface area contributed by atoms with Crippen LogP contribution in [0.25, 0.3) is 11.6 Å². The van der Waals surface area contributed by atoms with E-state index in [1.807, 2.05) is 0 Å². The first-order chi connectivity index (χ1) is 23.5. The number of carbonyl (C=O) groups excluding carboxylic acids is 3. The molecular weight excluding hydrogens is 662 g/mol. The first-order valence-electron chi connectivity index (χ1n) is 15.2. The van der Waals surface area contributed by atoms with Crippen molar-refractivity contribution in [1.29, 1.82) is 0 Å². The Kier molecular flexibility index (Phi) is 8.99. The third-order valence-electron chi connectivity index (χ3n) is 8.73. The van der Waals surface area contributed by atoms with Gasteiger partial charge in [0.1, 0.15) is 22.1 Å². The van der Waals surface area contributed by atoms with E-state index in [0.717, 1.165) is 0 Å². The average Bonchev–Trinajstić information content (AvgIpc) is 3.85. The Labute approximate surface area is 284 Å². The Morgan fingerprint density at radius 3 is 2.55 bits per heavy atom. The van der Waals surface area contributed by atoms with Crippen LogP contribution in [-0.4, -0.2) is 71.3 Å². The number of hydrogen-bond acceptors (Lipinski definition) is 13. The van der Waals surface area contributed by atoms with Crippen molar-refractivity contribution < 1.29 is 52.5 Å². The molecule has 15 heteroatoms. The lowest BCUT2D eigenvalue weighted by molar-refractivity contribution is -0.121. The Bertz CT molecular complexity index is 1970. The molecular formula is C34H32ClN3O11. The Morgan fingerprint density at radius 1 is 1.10 bits per heavy atom. The first-order valence-corrected chi connectivity index (χ1v) is 15.6. The smallest absolute Gasteiger partial charge is 0.238 e. The number of aromatic nitrogens is 2. The minimum absolute atomic E-state index is 0.0151. The van der Waals surface area contributed by atoms with Gasteiger partial charge in [-0.1, -0.05) is 29.7 Å². The van der Waals surface area contributed by atoms with Crippen molar-refractivity contribution in [3.63, 3.8) is 0 Å².